The first-order valence-corrected chi connectivity index (χ1v) is 12.6. The second-order valence-electron chi connectivity index (χ2n) is 6.99. The van der Waals surface area contributed by atoms with Crippen molar-refractivity contribution in [2.45, 2.75) is 29.1 Å². The maximum atomic E-state index is 12.5. The fourth-order valence-electron chi connectivity index (χ4n) is 3.17. The van der Waals surface area contributed by atoms with E-state index in [0.717, 1.165) is 18.4 Å². The first-order chi connectivity index (χ1) is 14.3. The highest BCUT2D eigenvalue weighted by molar-refractivity contribution is 7.89. The van der Waals surface area contributed by atoms with E-state index in [-0.39, 0.29) is 9.79 Å². The smallest absolute Gasteiger partial charge is 0.243 e. The lowest BCUT2D eigenvalue weighted by Gasteiger charge is -2.15. The number of amides is 1. The van der Waals surface area contributed by atoms with Crippen LogP contribution in [0.3, 0.4) is 0 Å². The number of hydrogen-bond donors (Lipinski definition) is 2. The molecule has 0 bridgehead atoms. The van der Waals surface area contributed by atoms with Gasteiger partial charge in [-0.15, -0.1) is 0 Å². The molecule has 1 fully saturated rings. The Morgan fingerprint density at radius 1 is 0.867 bits per heavy atom. The van der Waals surface area contributed by atoms with E-state index in [1.165, 1.54) is 28.6 Å². The van der Waals surface area contributed by atoms with Gasteiger partial charge >= 0.3 is 0 Å². The van der Waals surface area contributed by atoms with Crippen LogP contribution in [-0.4, -0.2) is 53.2 Å². The van der Waals surface area contributed by atoms with Crippen LogP contribution in [-0.2, 0) is 31.3 Å². The lowest BCUT2D eigenvalue weighted by Crippen LogP contribution is -2.37. The van der Waals surface area contributed by atoms with Gasteiger partial charge in [-0.25, -0.2) is 21.6 Å². The molecule has 0 spiro atoms. The number of sulfonamides is 2. The van der Waals surface area contributed by atoms with Crippen LogP contribution in [0.25, 0.3) is 0 Å². The van der Waals surface area contributed by atoms with Gasteiger partial charge in [-0.3, -0.25) is 4.79 Å². The number of nitrogens with one attached hydrogen (secondary N) is 2. The Kier molecular flexibility index (Phi) is 7.24. The third-order valence-corrected chi connectivity index (χ3v) is 8.17. The predicted molar refractivity (Wildman–Crippen MR) is 113 cm³/mol. The van der Waals surface area contributed by atoms with E-state index in [9.17, 15) is 21.6 Å². The fraction of sp³-hybridized carbons (Fsp3) is 0.350. The number of carbonyl (C=O) groups is 1. The zero-order valence-corrected chi connectivity index (χ0v) is 18.1. The second kappa shape index (κ2) is 9.69. The Morgan fingerprint density at radius 3 is 2.10 bits per heavy atom. The molecule has 162 valence electrons. The van der Waals surface area contributed by atoms with Crippen LogP contribution in [0.1, 0.15) is 18.4 Å². The topological polar surface area (TPSA) is 113 Å². The van der Waals surface area contributed by atoms with Gasteiger partial charge in [-0.05, 0) is 49.1 Å². The van der Waals surface area contributed by atoms with Gasteiger partial charge in [0.15, 0.2) is 0 Å². The lowest BCUT2D eigenvalue weighted by molar-refractivity contribution is -0.119. The minimum absolute atomic E-state index is 0.0574. The Balaban J connectivity index is 1.53. The summed E-state index contributed by atoms with van der Waals surface area (Å²) in [5, 5.41) is 2.66. The minimum atomic E-state index is -3.93. The monoisotopic (exact) mass is 451 g/mol. The molecule has 0 aliphatic carbocycles. The Labute approximate surface area is 177 Å². The third-order valence-electron chi connectivity index (χ3n) is 4.84. The summed E-state index contributed by atoms with van der Waals surface area (Å²) in [4.78, 5) is 11.9. The number of benzene rings is 2. The molecule has 2 aromatic rings. The van der Waals surface area contributed by atoms with Gasteiger partial charge in [0.2, 0.25) is 26.0 Å². The quantitative estimate of drug-likeness (QED) is 0.593. The zero-order chi connectivity index (χ0) is 21.6. The highest BCUT2D eigenvalue weighted by atomic mass is 32.2. The van der Waals surface area contributed by atoms with Crippen LogP contribution in [0.15, 0.2) is 64.4 Å². The molecule has 0 aromatic heterocycles. The number of rotatable bonds is 9. The van der Waals surface area contributed by atoms with E-state index in [4.69, 9.17) is 0 Å². The lowest BCUT2D eigenvalue weighted by atomic mass is 10.1. The molecule has 3 rings (SSSR count). The first kappa shape index (κ1) is 22.4. The van der Waals surface area contributed by atoms with Crippen molar-refractivity contribution in [3.8, 4) is 0 Å². The van der Waals surface area contributed by atoms with Crippen LogP contribution in [0.4, 0.5) is 0 Å². The summed E-state index contributed by atoms with van der Waals surface area (Å²) in [7, 11) is -7.54. The van der Waals surface area contributed by atoms with Crippen LogP contribution >= 0.6 is 0 Å². The van der Waals surface area contributed by atoms with E-state index in [0.29, 0.717) is 26.1 Å². The number of nitrogens with zero attached hydrogens (tertiary/aromatic N) is 1. The molecule has 0 radical (unpaired) electrons. The molecule has 1 amide bonds. The molecule has 1 saturated heterocycles. The van der Waals surface area contributed by atoms with Crippen molar-refractivity contribution in [3.05, 3.63) is 60.2 Å². The van der Waals surface area contributed by atoms with Crippen LogP contribution < -0.4 is 10.0 Å². The van der Waals surface area contributed by atoms with Gasteiger partial charge in [-0.1, -0.05) is 30.3 Å². The maximum absolute atomic E-state index is 12.5. The van der Waals surface area contributed by atoms with Gasteiger partial charge in [-0.2, -0.15) is 4.31 Å². The van der Waals surface area contributed by atoms with E-state index in [1.807, 2.05) is 30.3 Å². The summed E-state index contributed by atoms with van der Waals surface area (Å²) in [5.74, 6) is -0.442. The third kappa shape index (κ3) is 5.66. The second-order valence-corrected chi connectivity index (χ2v) is 10.7. The van der Waals surface area contributed by atoms with Crippen molar-refractivity contribution in [3.63, 3.8) is 0 Å². The highest BCUT2D eigenvalue weighted by Gasteiger charge is 2.27. The van der Waals surface area contributed by atoms with Gasteiger partial charge in [0.1, 0.15) is 0 Å². The van der Waals surface area contributed by atoms with E-state index >= 15 is 0 Å². The van der Waals surface area contributed by atoms with Crippen LogP contribution in [0, 0.1) is 0 Å². The number of hydrogen-bond acceptors (Lipinski definition) is 5. The van der Waals surface area contributed by atoms with Gasteiger partial charge in [0, 0.05) is 19.6 Å². The summed E-state index contributed by atoms with van der Waals surface area (Å²) in [5.41, 5.74) is 1.07. The van der Waals surface area contributed by atoms with Crippen LogP contribution in [0.2, 0.25) is 0 Å². The molecule has 10 heteroatoms. The average molecular weight is 452 g/mol. The maximum Gasteiger partial charge on any atom is 0.243 e. The summed E-state index contributed by atoms with van der Waals surface area (Å²) < 4.78 is 53.5. The Bertz CT molecular complexity index is 1060. The molecule has 0 atom stereocenters. The normalized spacial score (nSPS) is 15.2. The van der Waals surface area contributed by atoms with E-state index in [2.05, 4.69) is 10.0 Å². The molecule has 30 heavy (non-hydrogen) atoms. The summed E-state index contributed by atoms with van der Waals surface area (Å²) in [6.45, 7) is 0.950. The SMILES string of the molecule is O=C(CNS(=O)(=O)c1ccc(S(=O)(=O)N2CCCC2)cc1)NCCc1ccccc1. The van der Waals surface area contributed by atoms with Gasteiger partial charge in [0.25, 0.3) is 0 Å². The molecular weight excluding hydrogens is 426 g/mol. The van der Waals surface area contributed by atoms with Crippen LogP contribution in [0.5, 0.6) is 0 Å². The van der Waals surface area contributed by atoms with Gasteiger partial charge in [0.05, 0.1) is 16.3 Å². The molecule has 8 nitrogen and oxygen atoms in total. The van der Waals surface area contributed by atoms with Crippen molar-refractivity contribution in [1.29, 1.82) is 0 Å². The molecule has 1 aliphatic rings. The average Bonchev–Trinajstić information content (AvgIpc) is 3.29. The van der Waals surface area contributed by atoms with Crippen molar-refractivity contribution in [2.75, 3.05) is 26.2 Å². The molecule has 2 aromatic carbocycles. The van der Waals surface area contributed by atoms with E-state index in [1.54, 1.807) is 0 Å². The Hall–Kier alpha value is -2.27. The van der Waals surface area contributed by atoms with Gasteiger partial charge < -0.3 is 5.32 Å². The first-order valence-electron chi connectivity index (χ1n) is 9.69. The molecule has 1 heterocycles. The molecule has 1 aliphatic heterocycles. The van der Waals surface area contributed by atoms with Crippen molar-refractivity contribution >= 4 is 26.0 Å². The predicted octanol–water partition coefficient (Wildman–Crippen LogP) is 1.11. The zero-order valence-electron chi connectivity index (χ0n) is 16.5. The summed E-state index contributed by atoms with van der Waals surface area (Å²) >= 11 is 0. The number of carbonyl (C=O) groups excluding carboxylic acids is 1. The fourth-order valence-corrected chi connectivity index (χ4v) is 5.66. The molecule has 0 saturated carbocycles. The minimum Gasteiger partial charge on any atom is -0.355 e. The van der Waals surface area contributed by atoms with Crippen molar-refractivity contribution in [2.24, 2.45) is 0 Å². The van der Waals surface area contributed by atoms with Crippen molar-refractivity contribution < 1.29 is 21.6 Å². The standard InChI is InChI=1S/C20H25N3O5S2/c24-20(21-13-12-17-6-2-1-3-7-17)16-22-29(25,26)18-8-10-19(11-9-18)30(27,28)23-14-4-5-15-23/h1-3,6-11,22H,4-5,12-16H2,(H,21,24). The highest BCUT2D eigenvalue weighted by Crippen LogP contribution is 2.22. The summed E-state index contributed by atoms with van der Waals surface area (Å²) in [6, 6.07) is 14.7. The molecule has 2 N–H and O–H groups in total. The summed E-state index contributed by atoms with van der Waals surface area (Å²) in [6.07, 6.45) is 2.29. The molecular formula is C20H25N3O5S2. The Morgan fingerprint density at radius 2 is 1.47 bits per heavy atom. The molecule has 0 unspecified atom stereocenters. The van der Waals surface area contributed by atoms with E-state index < -0.39 is 32.5 Å². The van der Waals surface area contributed by atoms with Crippen molar-refractivity contribution in [1.82, 2.24) is 14.3 Å². The largest absolute Gasteiger partial charge is 0.355 e.